The van der Waals surface area contributed by atoms with E-state index in [1.165, 1.54) is 38.9 Å². The zero-order valence-corrected chi connectivity index (χ0v) is 10.5. The molecule has 0 aromatic rings. The van der Waals surface area contributed by atoms with Gasteiger partial charge in [-0.2, -0.15) is 0 Å². The Morgan fingerprint density at radius 2 is 2.07 bits per heavy atom. The van der Waals surface area contributed by atoms with E-state index < -0.39 is 0 Å². The van der Waals surface area contributed by atoms with Crippen LogP contribution < -0.4 is 5.32 Å². The summed E-state index contributed by atoms with van der Waals surface area (Å²) in [6.45, 7) is 10.9. The highest BCUT2D eigenvalue weighted by Crippen LogP contribution is 2.38. The van der Waals surface area contributed by atoms with Gasteiger partial charge in [0.25, 0.3) is 0 Å². The molecule has 2 rings (SSSR count). The lowest BCUT2D eigenvalue weighted by atomic mass is 10.1. The van der Waals surface area contributed by atoms with Crippen molar-refractivity contribution in [1.82, 2.24) is 10.2 Å². The van der Waals surface area contributed by atoms with E-state index in [2.05, 4.69) is 31.0 Å². The average Bonchev–Trinajstić information content (AvgIpc) is 2.88. The lowest BCUT2D eigenvalue weighted by Gasteiger charge is -2.39. The highest BCUT2D eigenvalue weighted by atomic mass is 15.2. The SMILES string of the molecule is CCCC1CN(CC2CC2C)C(C)CN1. The highest BCUT2D eigenvalue weighted by molar-refractivity contribution is 4.90. The van der Waals surface area contributed by atoms with Gasteiger partial charge in [-0.25, -0.2) is 0 Å². The number of rotatable bonds is 4. The topological polar surface area (TPSA) is 15.3 Å². The minimum absolute atomic E-state index is 0.742. The number of nitrogens with one attached hydrogen (secondary N) is 1. The summed E-state index contributed by atoms with van der Waals surface area (Å²) in [6.07, 6.45) is 4.11. The Morgan fingerprint density at radius 1 is 1.33 bits per heavy atom. The van der Waals surface area contributed by atoms with Crippen molar-refractivity contribution in [2.75, 3.05) is 19.6 Å². The zero-order valence-electron chi connectivity index (χ0n) is 10.5. The molecule has 2 nitrogen and oxygen atoms in total. The number of piperazine rings is 1. The van der Waals surface area contributed by atoms with Crippen molar-refractivity contribution >= 4 is 0 Å². The summed E-state index contributed by atoms with van der Waals surface area (Å²) < 4.78 is 0. The van der Waals surface area contributed by atoms with Crippen molar-refractivity contribution in [2.45, 2.75) is 52.1 Å². The maximum Gasteiger partial charge on any atom is 0.0195 e. The van der Waals surface area contributed by atoms with Crippen molar-refractivity contribution in [3.8, 4) is 0 Å². The zero-order chi connectivity index (χ0) is 10.8. The Kier molecular flexibility index (Phi) is 3.68. The lowest BCUT2D eigenvalue weighted by molar-refractivity contribution is 0.129. The quantitative estimate of drug-likeness (QED) is 0.764. The Labute approximate surface area is 94.4 Å². The molecule has 0 bridgehead atoms. The molecule has 1 saturated heterocycles. The Balaban J connectivity index is 1.79. The first-order valence-electron chi connectivity index (χ1n) is 6.68. The van der Waals surface area contributed by atoms with Gasteiger partial charge in [-0.05, 0) is 31.6 Å². The number of hydrogen-bond donors (Lipinski definition) is 1. The van der Waals surface area contributed by atoms with E-state index in [0.717, 1.165) is 23.9 Å². The minimum atomic E-state index is 0.742. The van der Waals surface area contributed by atoms with E-state index in [-0.39, 0.29) is 0 Å². The van der Waals surface area contributed by atoms with Crippen molar-refractivity contribution in [1.29, 1.82) is 0 Å². The van der Waals surface area contributed by atoms with Gasteiger partial charge in [0.2, 0.25) is 0 Å². The number of nitrogens with zero attached hydrogens (tertiary/aromatic N) is 1. The first-order chi connectivity index (χ1) is 7.20. The molecule has 1 aliphatic carbocycles. The van der Waals surface area contributed by atoms with Crippen molar-refractivity contribution in [3.05, 3.63) is 0 Å². The third-order valence-electron chi connectivity index (χ3n) is 4.16. The molecule has 1 heterocycles. The van der Waals surface area contributed by atoms with Crippen LogP contribution in [0.3, 0.4) is 0 Å². The summed E-state index contributed by atoms with van der Waals surface area (Å²) in [4.78, 5) is 2.71. The molecule has 2 heteroatoms. The summed E-state index contributed by atoms with van der Waals surface area (Å²) >= 11 is 0. The van der Waals surface area contributed by atoms with Crippen LogP contribution in [0.2, 0.25) is 0 Å². The molecule has 0 radical (unpaired) electrons. The molecule has 0 aromatic carbocycles. The van der Waals surface area contributed by atoms with Gasteiger partial charge in [0.15, 0.2) is 0 Å². The fraction of sp³-hybridized carbons (Fsp3) is 1.00. The molecule has 4 unspecified atom stereocenters. The van der Waals surface area contributed by atoms with Gasteiger partial charge in [-0.1, -0.05) is 20.3 Å². The molecule has 4 atom stereocenters. The molecule has 1 aliphatic heterocycles. The van der Waals surface area contributed by atoms with E-state index in [4.69, 9.17) is 0 Å². The number of hydrogen-bond acceptors (Lipinski definition) is 2. The predicted octanol–water partition coefficient (Wildman–Crippen LogP) is 2.10. The van der Waals surface area contributed by atoms with Crippen LogP contribution in [0, 0.1) is 11.8 Å². The third kappa shape index (κ3) is 2.94. The van der Waals surface area contributed by atoms with Gasteiger partial charge in [-0.3, -0.25) is 4.90 Å². The van der Waals surface area contributed by atoms with Crippen LogP contribution in [0.4, 0.5) is 0 Å². The maximum absolute atomic E-state index is 3.66. The van der Waals surface area contributed by atoms with Crippen LogP contribution in [0.15, 0.2) is 0 Å². The van der Waals surface area contributed by atoms with Crippen LogP contribution in [0.25, 0.3) is 0 Å². The fourth-order valence-corrected chi connectivity index (χ4v) is 2.74. The van der Waals surface area contributed by atoms with E-state index in [1.807, 2.05) is 0 Å². The van der Waals surface area contributed by atoms with Gasteiger partial charge in [0.1, 0.15) is 0 Å². The molecule has 0 spiro atoms. The van der Waals surface area contributed by atoms with E-state index >= 15 is 0 Å². The molecule has 15 heavy (non-hydrogen) atoms. The molecule has 0 amide bonds. The Hall–Kier alpha value is -0.0800. The molecule has 2 fully saturated rings. The van der Waals surface area contributed by atoms with E-state index in [9.17, 15) is 0 Å². The largest absolute Gasteiger partial charge is 0.311 e. The van der Waals surface area contributed by atoms with Crippen LogP contribution >= 0.6 is 0 Å². The van der Waals surface area contributed by atoms with Gasteiger partial charge in [0.05, 0.1) is 0 Å². The maximum atomic E-state index is 3.66. The molecular weight excluding hydrogens is 184 g/mol. The van der Waals surface area contributed by atoms with Crippen LogP contribution in [-0.2, 0) is 0 Å². The van der Waals surface area contributed by atoms with Crippen molar-refractivity contribution in [2.24, 2.45) is 11.8 Å². The van der Waals surface area contributed by atoms with Gasteiger partial charge in [0, 0.05) is 31.7 Å². The molecule has 1 saturated carbocycles. The second kappa shape index (κ2) is 4.84. The standard InChI is InChI=1S/C13H26N2/c1-4-5-13-9-15(11(3)7-14-13)8-12-6-10(12)2/h10-14H,4-9H2,1-3H3. The third-order valence-corrected chi connectivity index (χ3v) is 4.16. The van der Waals surface area contributed by atoms with Crippen LogP contribution in [0.5, 0.6) is 0 Å². The molecule has 2 aliphatic rings. The smallest absolute Gasteiger partial charge is 0.0195 e. The fourth-order valence-electron chi connectivity index (χ4n) is 2.74. The second-order valence-corrected chi connectivity index (χ2v) is 5.67. The molecular formula is C13H26N2. The summed E-state index contributed by atoms with van der Waals surface area (Å²) in [7, 11) is 0. The highest BCUT2D eigenvalue weighted by Gasteiger charge is 2.36. The molecule has 0 aromatic heterocycles. The summed E-state index contributed by atoms with van der Waals surface area (Å²) in [5, 5.41) is 3.66. The second-order valence-electron chi connectivity index (χ2n) is 5.67. The molecule has 88 valence electrons. The van der Waals surface area contributed by atoms with Crippen molar-refractivity contribution < 1.29 is 0 Å². The molecule has 1 N–H and O–H groups in total. The van der Waals surface area contributed by atoms with Crippen molar-refractivity contribution in [3.63, 3.8) is 0 Å². The first kappa shape index (κ1) is 11.4. The van der Waals surface area contributed by atoms with Crippen LogP contribution in [0.1, 0.15) is 40.0 Å². The Bertz CT molecular complexity index is 205. The van der Waals surface area contributed by atoms with E-state index in [1.54, 1.807) is 0 Å². The average molecular weight is 210 g/mol. The normalized spacial score (nSPS) is 41.8. The van der Waals surface area contributed by atoms with Gasteiger partial charge in [-0.15, -0.1) is 0 Å². The summed E-state index contributed by atoms with van der Waals surface area (Å²) in [6, 6.07) is 1.49. The van der Waals surface area contributed by atoms with Gasteiger partial charge >= 0.3 is 0 Å². The summed E-state index contributed by atoms with van der Waals surface area (Å²) in [5.74, 6) is 2.00. The minimum Gasteiger partial charge on any atom is -0.311 e. The van der Waals surface area contributed by atoms with E-state index in [0.29, 0.717) is 0 Å². The first-order valence-corrected chi connectivity index (χ1v) is 6.68. The lowest BCUT2D eigenvalue weighted by Crippen LogP contribution is -2.55. The van der Waals surface area contributed by atoms with Gasteiger partial charge < -0.3 is 5.32 Å². The van der Waals surface area contributed by atoms with Crippen LogP contribution in [-0.4, -0.2) is 36.6 Å². The Morgan fingerprint density at radius 3 is 2.67 bits per heavy atom. The monoisotopic (exact) mass is 210 g/mol. The summed E-state index contributed by atoms with van der Waals surface area (Å²) in [5.41, 5.74) is 0. The predicted molar refractivity (Wildman–Crippen MR) is 65.0 cm³/mol.